The zero-order chi connectivity index (χ0) is 18.1. The Morgan fingerprint density at radius 1 is 1.21 bits per heavy atom. The molecule has 24 heavy (non-hydrogen) atoms. The fourth-order valence-electron chi connectivity index (χ4n) is 3.21. The average molecular weight is 339 g/mol. The maximum atomic E-state index is 12.1. The molecule has 1 atom stereocenters. The minimum atomic E-state index is -0.584. The van der Waals surface area contributed by atoms with Crippen molar-refractivity contribution in [2.45, 2.75) is 26.4 Å². The van der Waals surface area contributed by atoms with Gasteiger partial charge in [0.15, 0.2) is 0 Å². The van der Waals surface area contributed by atoms with Crippen molar-refractivity contribution < 1.29 is 23.9 Å². The third-order valence-electron chi connectivity index (χ3n) is 4.24. The summed E-state index contributed by atoms with van der Waals surface area (Å²) in [4.78, 5) is 38.9. The SMILES string of the molecule is C=CCOC(=O)N1C[C@@H](C(N)=O)C2(C1)CN(C(=O)OC(C)(C)C)C2. The number of primary amides is 1. The van der Waals surface area contributed by atoms with E-state index in [1.807, 2.05) is 0 Å². The van der Waals surface area contributed by atoms with Crippen LogP contribution in [0.5, 0.6) is 0 Å². The zero-order valence-electron chi connectivity index (χ0n) is 14.4. The summed E-state index contributed by atoms with van der Waals surface area (Å²) >= 11 is 0. The zero-order valence-corrected chi connectivity index (χ0v) is 14.4. The van der Waals surface area contributed by atoms with Gasteiger partial charge in [0.25, 0.3) is 0 Å². The van der Waals surface area contributed by atoms with Crippen LogP contribution in [-0.2, 0) is 14.3 Å². The molecule has 2 heterocycles. The number of likely N-dealkylation sites (tertiary alicyclic amines) is 2. The van der Waals surface area contributed by atoms with Gasteiger partial charge in [0.2, 0.25) is 5.91 Å². The van der Waals surface area contributed by atoms with Gasteiger partial charge in [0.05, 0.1) is 5.92 Å². The Bertz CT molecular complexity index is 548. The highest BCUT2D eigenvalue weighted by Crippen LogP contribution is 2.44. The van der Waals surface area contributed by atoms with E-state index in [0.717, 1.165) is 0 Å². The minimum absolute atomic E-state index is 0.105. The predicted molar refractivity (Wildman–Crippen MR) is 86.0 cm³/mol. The molecule has 2 N–H and O–H groups in total. The monoisotopic (exact) mass is 339 g/mol. The van der Waals surface area contributed by atoms with Crippen LogP contribution in [0.1, 0.15) is 20.8 Å². The van der Waals surface area contributed by atoms with E-state index < -0.39 is 35.0 Å². The molecule has 0 aromatic carbocycles. The smallest absolute Gasteiger partial charge is 0.410 e. The molecule has 134 valence electrons. The molecule has 2 aliphatic heterocycles. The van der Waals surface area contributed by atoms with E-state index >= 15 is 0 Å². The summed E-state index contributed by atoms with van der Waals surface area (Å²) in [6.07, 6.45) is 0.542. The molecule has 2 aliphatic rings. The second-order valence-corrected chi connectivity index (χ2v) is 7.40. The number of nitrogens with zero attached hydrogens (tertiary/aromatic N) is 2. The Labute approximate surface area is 141 Å². The van der Waals surface area contributed by atoms with Gasteiger partial charge in [0, 0.05) is 31.6 Å². The highest BCUT2D eigenvalue weighted by molar-refractivity contribution is 5.81. The quantitative estimate of drug-likeness (QED) is 0.772. The molecule has 0 aromatic heterocycles. The van der Waals surface area contributed by atoms with Crippen molar-refractivity contribution in [2.75, 3.05) is 32.8 Å². The fourth-order valence-corrected chi connectivity index (χ4v) is 3.21. The van der Waals surface area contributed by atoms with Gasteiger partial charge in [-0.15, -0.1) is 0 Å². The molecule has 8 nitrogen and oxygen atoms in total. The number of ether oxygens (including phenoxy) is 2. The first-order valence-corrected chi connectivity index (χ1v) is 7.88. The van der Waals surface area contributed by atoms with E-state index in [9.17, 15) is 14.4 Å². The van der Waals surface area contributed by atoms with Gasteiger partial charge in [0.1, 0.15) is 12.2 Å². The van der Waals surface area contributed by atoms with Crippen molar-refractivity contribution in [3.05, 3.63) is 12.7 Å². The van der Waals surface area contributed by atoms with Crippen molar-refractivity contribution in [3.8, 4) is 0 Å². The van der Waals surface area contributed by atoms with E-state index in [0.29, 0.717) is 19.6 Å². The summed E-state index contributed by atoms with van der Waals surface area (Å²) in [5.74, 6) is -0.981. The Kier molecular flexibility index (Phi) is 4.77. The summed E-state index contributed by atoms with van der Waals surface area (Å²) in [5.41, 5.74) is 4.40. The van der Waals surface area contributed by atoms with Crippen molar-refractivity contribution in [1.29, 1.82) is 0 Å². The molecule has 8 heteroatoms. The van der Waals surface area contributed by atoms with Crippen LogP contribution in [0.25, 0.3) is 0 Å². The second-order valence-electron chi connectivity index (χ2n) is 7.40. The third kappa shape index (κ3) is 3.63. The van der Waals surface area contributed by atoms with Crippen LogP contribution in [0.3, 0.4) is 0 Å². The first kappa shape index (κ1) is 18.1. The number of carbonyl (C=O) groups is 3. The van der Waals surface area contributed by atoms with E-state index in [4.69, 9.17) is 15.2 Å². The fraction of sp³-hybridized carbons (Fsp3) is 0.688. The van der Waals surface area contributed by atoms with Crippen molar-refractivity contribution in [1.82, 2.24) is 9.80 Å². The summed E-state index contributed by atoms with van der Waals surface area (Å²) in [7, 11) is 0. The van der Waals surface area contributed by atoms with Crippen LogP contribution in [-0.4, -0.2) is 66.3 Å². The molecule has 2 fully saturated rings. The van der Waals surface area contributed by atoms with Crippen LogP contribution in [0, 0.1) is 11.3 Å². The van der Waals surface area contributed by atoms with Crippen LogP contribution in [0.4, 0.5) is 9.59 Å². The van der Waals surface area contributed by atoms with Crippen LogP contribution >= 0.6 is 0 Å². The van der Waals surface area contributed by atoms with Gasteiger partial charge in [-0.25, -0.2) is 9.59 Å². The Morgan fingerprint density at radius 2 is 1.79 bits per heavy atom. The Balaban J connectivity index is 2.01. The summed E-state index contributed by atoms with van der Waals surface area (Å²) in [6, 6.07) is 0. The molecule has 2 saturated heterocycles. The van der Waals surface area contributed by atoms with Gasteiger partial charge in [-0.05, 0) is 20.8 Å². The number of amides is 3. The number of carbonyl (C=O) groups excluding carboxylic acids is 3. The largest absolute Gasteiger partial charge is 0.445 e. The lowest BCUT2D eigenvalue weighted by atomic mass is 9.71. The predicted octanol–water partition coefficient (Wildman–Crippen LogP) is 0.963. The Morgan fingerprint density at radius 3 is 2.29 bits per heavy atom. The minimum Gasteiger partial charge on any atom is -0.445 e. The molecule has 0 aromatic rings. The van der Waals surface area contributed by atoms with Gasteiger partial charge >= 0.3 is 12.2 Å². The molecule has 0 unspecified atom stereocenters. The van der Waals surface area contributed by atoms with Crippen LogP contribution in [0.2, 0.25) is 0 Å². The summed E-state index contributed by atoms with van der Waals surface area (Å²) in [6.45, 7) is 10.2. The highest BCUT2D eigenvalue weighted by atomic mass is 16.6. The lowest BCUT2D eigenvalue weighted by Gasteiger charge is -2.49. The van der Waals surface area contributed by atoms with Gasteiger partial charge in [-0.1, -0.05) is 12.7 Å². The van der Waals surface area contributed by atoms with Gasteiger partial charge < -0.3 is 25.0 Å². The summed E-state index contributed by atoms with van der Waals surface area (Å²) in [5, 5.41) is 0. The third-order valence-corrected chi connectivity index (χ3v) is 4.24. The molecule has 0 aliphatic carbocycles. The molecule has 0 saturated carbocycles. The highest BCUT2D eigenvalue weighted by Gasteiger charge is 2.59. The first-order valence-electron chi connectivity index (χ1n) is 7.88. The van der Waals surface area contributed by atoms with E-state index in [2.05, 4.69) is 6.58 Å². The van der Waals surface area contributed by atoms with Gasteiger partial charge in [-0.3, -0.25) is 4.79 Å². The number of hydrogen-bond acceptors (Lipinski definition) is 5. The normalized spacial score (nSPS) is 22.0. The maximum absolute atomic E-state index is 12.1. The molecule has 1 spiro atoms. The topological polar surface area (TPSA) is 102 Å². The maximum Gasteiger partial charge on any atom is 0.410 e. The molecular weight excluding hydrogens is 314 g/mol. The van der Waals surface area contributed by atoms with E-state index in [1.54, 1.807) is 20.8 Å². The van der Waals surface area contributed by atoms with Gasteiger partial charge in [-0.2, -0.15) is 0 Å². The Hall–Kier alpha value is -2.25. The van der Waals surface area contributed by atoms with Crippen LogP contribution < -0.4 is 5.73 Å². The summed E-state index contributed by atoms with van der Waals surface area (Å²) < 4.78 is 10.3. The van der Waals surface area contributed by atoms with Crippen molar-refractivity contribution in [3.63, 3.8) is 0 Å². The molecule has 0 radical (unpaired) electrons. The second kappa shape index (κ2) is 6.33. The lowest BCUT2D eigenvalue weighted by Crippen LogP contribution is -2.64. The average Bonchev–Trinajstić information content (AvgIpc) is 2.82. The molecule has 3 amide bonds. The lowest BCUT2D eigenvalue weighted by molar-refractivity contribution is -0.129. The first-order chi connectivity index (χ1) is 11.1. The van der Waals surface area contributed by atoms with E-state index in [1.165, 1.54) is 15.9 Å². The van der Waals surface area contributed by atoms with E-state index in [-0.39, 0.29) is 13.2 Å². The van der Waals surface area contributed by atoms with Crippen molar-refractivity contribution in [2.24, 2.45) is 17.1 Å². The van der Waals surface area contributed by atoms with Crippen LogP contribution in [0.15, 0.2) is 12.7 Å². The van der Waals surface area contributed by atoms with Crippen molar-refractivity contribution >= 4 is 18.1 Å². The number of nitrogens with two attached hydrogens (primary N) is 1. The standard InChI is InChI=1S/C16H25N3O5/c1-5-6-23-13(21)18-7-11(12(17)20)16(8-18)9-19(10-16)14(22)24-15(2,3)4/h5,11H,1,6-10H2,2-4H3,(H2,17,20)/t11-/m0/s1. The number of hydrogen-bond donors (Lipinski definition) is 1. The molecule has 0 bridgehead atoms. The number of rotatable bonds is 3. The molecule has 2 rings (SSSR count). The molecular formula is C16H25N3O5.